The van der Waals surface area contributed by atoms with Crippen molar-refractivity contribution in [3.8, 4) is 16.9 Å². The number of rotatable bonds is 4. The molecule has 1 aliphatic rings. The van der Waals surface area contributed by atoms with Crippen molar-refractivity contribution < 1.29 is 15.0 Å². The van der Waals surface area contributed by atoms with E-state index in [1.54, 1.807) is 24.3 Å². The molecule has 3 rings (SSSR count). The number of carbonyl (C=O) groups is 1. The molecule has 0 radical (unpaired) electrons. The van der Waals surface area contributed by atoms with Crippen molar-refractivity contribution in [1.82, 2.24) is 10.6 Å². The molecule has 5 nitrogen and oxygen atoms in total. The highest BCUT2D eigenvalue weighted by molar-refractivity contribution is 6.32. The Labute approximate surface area is 163 Å². The lowest BCUT2D eigenvalue weighted by molar-refractivity contribution is 0.0170. The first-order valence-corrected chi connectivity index (χ1v) is 8.65. The topological polar surface area (TPSA) is 81.6 Å². The molecule has 0 bridgehead atoms. The normalized spacial score (nSPS) is 19.5. The number of hydrogen-bond donors (Lipinski definition) is 4. The highest BCUT2D eigenvalue weighted by Gasteiger charge is 2.29. The summed E-state index contributed by atoms with van der Waals surface area (Å²) in [6.45, 7) is 1.63. The van der Waals surface area contributed by atoms with Crippen LogP contribution in [0.4, 0.5) is 0 Å². The van der Waals surface area contributed by atoms with E-state index in [1.807, 2.05) is 12.1 Å². The van der Waals surface area contributed by atoms with E-state index in [9.17, 15) is 15.0 Å². The molecule has 1 unspecified atom stereocenters. The van der Waals surface area contributed by atoms with Gasteiger partial charge in [-0.3, -0.25) is 4.79 Å². The van der Waals surface area contributed by atoms with Gasteiger partial charge in [0.15, 0.2) is 0 Å². The van der Waals surface area contributed by atoms with Crippen molar-refractivity contribution >= 4 is 29.9 Å². The van der Waals surface area contributed by atoms with E-state index >= 15 is 0 Å². The molecule has 1 saturated heterocycles. The van der Waals surface area contributed by atoms with Crippen molar-refractivity contribution in [3.63, 3.8) is 0 Å². The number of piperidine rings is 1. The second kappa shape index (κ2) is 8.73. The van der Waals surface area contributed by atoms with Crippen LogP contribution in [0.5, 0.6) is 5.75 Å². The number of benzene rings is 2. The van der Waals surface area contributed by atoms with Gasteiger partial charge in [-0.2, -0.15) is 0 Å². The van der Waals surface area contributed by atoms with Gasteiger partial charge in [0.1, 0.15) is 5.75 Å². The highest BCUT2D eigenvalue weighted by Crippen LogP contribution is 2.29. The van der Waals surface area contributed by atoms with Crippen molar-refractivity contribution in [1.29, 1.82) is 0 Å². The molecule has 140 valence electrons. The van der Waals surface area contributed by atoms with E-state index in [4.69, 9.17) is 11.6 Å². The maximum atomic E-state index is 12.3. The second-order valence-corrected chi connectivity index (χ2v) is 6.84. The number of phenols is 1. The molecule has 2 aromatic rings. The summed E-state index contributed by atoms with van der Waals surface area (Å²) in [5.74, 6) is -0.175. The largest absolute Gasteiger partial charge is 0.506 e. The van der Waals surface area contributed by atoms with Gasteiger partial charge in [-0.15, -0.1) is 12.4 Å². The van der Waals surface area contributed by atoms with E-state index in [-0.39, 0.29) is 35.6 Å². The fourth-order valence-electron chi connectivity index (χ4n) is 2.95. The standard InChI is InChI=1S/C19H21ClN2O3.ClH/c20-16-10-15(6-7-17(16)23)13-2-4-14(5-3-13)18(24)22-12-19(25)8-1-9-21-11-19;/h2-7,10,21,23,25H,1,8-9,11-12H2,(H,22,24);1H. The van der Waals surface area contributed by atoms with E-state index in [0.29, 0.717) is 18.5 Å². The monoisotopic (exact) mass is 396 g/mol. The van der Waals surface area contributed by atoms with Crippen LogP contribution in [0.1, 0.15) is 23.2 Å². The van der Waals surface area contributed by atoms with Crippen molar-refractivity contribution in [2.24, 2.45) is 0 Å². The van der Waals surface area contributed by atoms with Gasteiger partial charge >= 0.3 is 0 Å². The van der Waals surface area contributed by atoms with E-state index in [2.05, 4.69) is 10.6 Å². The summed E-state index contributed by atoms with van der Waals surface area (Å²) in [5, 5.41) is 26.1. The van der Waals surface area contributed by atoms with Gasteiger partial charge in [-0.25, -0.2) is 0 Å². The fourth-order valence-corrected chi connectivity index (χ4v) is 3.13. The SMILES string of the molecule is Cl.O=C(NCC1(O)CCCNC1)c1ccc(-c2ccc(O)c(Cl)c2)cc1. The number of amides is 1. The molecular formula is C19H22Cl2N2O3. The molecule has 0 aliphatic carbocycles. The Balaban J connectivity index is 0.00000243. The Morgan fingerprint density at radius 3 is 2.50 bits per heavy atom. The van der Waals surface area contributed by atoms with Gasteiger partial charge in [-0.1, -0.05) is 29.8 Å². The minimum absolute atomic E-state index is 0. The average Bonchev–Trinajstić information content (AvgIpc) is 2.63. The van der Waals surface area contributed by atoms with Crippen molar-refractivity contribution in [2.45, 2.75) is 18.4 Å². The summed E-state index contributed by atoms with van der Waals surface area (Å²) in [6, 6.07) is 12.1. The predicted octanol–water partition coefficient (Wildman–Crippen LogP) is 2.98. The molecule has 4 N–H and O–H groups in total. The summed E-state index contributed by atoms with van der Waals surface area (Å²) >= 11 is 5.93. The van der Waals surface area contributed by atoms with E-state index < -0.39 is 5.60 Å². The molecule has 26 heavy (non-hydrogen) atoms. The maximum absolute atomic E-state index is 12.3. The number of nitrogens with one attached hydrogen (secondary N) is 2. The minimum Gasteiger partial charge on any atom is -0.506 e. The Hall–Kier alpha value is -1.79. The van der Waals surface area contributed by atoms with E-state index in [1.165, 1.54) is 6.07 Å². The third-order valence-electron chi connectivity index (χ3n) is 4.46. The summed E-state index contributed by atoms with van der Waals surface area (Å²) in [5.41, 5.74) is 1.41. The average molecular weight is 397 g/mol. The zero-order valence-electron chi connectivity index (χ0n) is 14.2. The molecule has 1 aliphatic heterocycles. The Morgan fingerprint density at radius 1 is 1.19 bits per heavy atom. The zero-order valence-corrected chi connectivity index (χ0v) is 15.7. The van der Waals surface area contributed by atoms with Crippen LogP contribution in [0.3, 0.4) is 0 Å². The molecular weight excluding hydrogens is 375 g/mol. The lowest BCUT2D eigenvalue weighted by Gasteiger charge is -2.32. The van der Waals surface area contributed by atoms with Gasteiger partial charge in [-0.05, 0) is 54.8 Å². The smallest absolute Gasteiger partial charge is 0.251 e. The third kappa shape index (κ3) is 4.89. The van der Waals surface area contributed by atoms with Crippen LogP contribution < -0.4 is 10.6 Å². The lowest BCUT2D eigenvalue weighted by atomic mass is 9.94. The number of aromatic hydroxyl groups is 1. The maximum Gasteiger partial charge on any atom is 0.251 e. The number of aliphatic hydroxyl groups is 1. The first-order chi connectivity index (χ1) is 12.0. The second-order valence-electron chi connectivity index (χ2n) is 6.43. The van der Waals surface area contributed by atoms with Gasteiger partial charge in [0, 0.05) is 18.7 Å². The zero-order chi connectivity index (χ0) is 17.9. The third-order valence-corrected chi connectivity index (χ3v) is 4.76. The summed E-state index contributed by atoms with van der Waals surface area (Å²) in [7, 11) is 0. The number of phenolic OH excluding ortho intramolecular Hbond substituents is 1. The Kier molecular flexibility index (Phi) is 6.89. The molecule has 1 fully saturated rings. The van der Waals surface area contributed by atoms with Gasteiger partial charge in [0.2, 0.25) is 0 Å². The first kappa shape index (κ1) is 20.5. The molecule has 0 saturated carbocycles. The first-order valence-electron chi connectivity index (χ1n) is 8.27. The molecule has 0 spiro atoms. The van der Waals surface area contributed by atoms with Crippen LogP contribution >= 0.6 is 24.0 Å². The lowest BCUT2D eigenvalue weighted by Crippen LogP contribution is -2.52. The van der Waals surface area contributed by atoms with Gasteiger partial charge < -0.3 is 20.8 Å². The van der Waals surface area contributed by atoms with Crippen molar-refractivity contribution in [2.75, 3.05) is 19.6 Å². The molecule has 1 atom stereocenters. The van der Waals surface area contributed by atoms with Crippen LogP contribution in [0.2, 0.25) is 5.02 Å². The summed E-state index contributed by atoms with van der Waals surface area (Å²) < 4.78 is 0. The molecule has 7 heteroatoms. The molecule has 1 heterocycles. The molecule has 0 aromatic heterocycles. The minimum atomic E-state index is -0.878. The predicted molar refractivity (Wildman–Crippen MR) is 105 cm³/mol. The fraction of sp³-hybridized carbons (Fsp3) is 0.316. The van der Waals surface area contributed by atoms with Crippen LogP contribution in [0.25, 0.3) is 11.1 Å². The number of hydrogen-bond acceptors (Lipinski definition) is 4. The quantitative estimate of drug-likeness (QED) is 0.640. The van der Waals surface area contributed by atoms with Crippen LogP contribution in [0, 0.1) is 0 Å². The number of halogens is 2. The summed E-state index contributed by atoms with van der Waals surface area (Å²) in [6.07, 6.45) is 1.58. The van der Waals surface area contributed by atoms with Crippen molar-refractivity contribution in [3.05, 3.63) is 53.1 Å². The van der Waals surface area contributed by atoms with Crippen LogP contribution in [-0.2, 0) is 0 Å². The Morgan fingerprint density at radius 2 is 1.88 bits per heavy atom. The molecule has 2 aromatic carbocycles. The van der Waals surface area contributed by atoms with Gasteiger partial charge in [0.05, 0.1) is 10.6 Å². The Bertz CT molecular complexity index is 760. The van der Waals surface area contributed by atoms with Crippen LogP contribution in [0.15, 0.2) is 42.5 Å². The van der Waals surface area contributed by atoms with Crippen LogP contribution in [-0.4, -0.2) is 41.4 Å². The molecule has 1 amide bonds. The van der Waals surface area contributed by atoms with Gasteiger partial charge in [0.25, 0.3) is 5.91 Å². The summed E-state index contributed by atoms with van der Waals surface area (Å²) in [4.78, 5) is 12.3. The number of carbonyl (C=O) groups excluding carboxylic acids is 1. The highest BCUT2D eigenvalue weighted by atomic mass is 35.5. The van der Waals surface area contributed by atoms with E-state index in [0.717, 1.165) is 24.1 Å². The number of β-amino-alcohol motifs (C(OH)–C–C–N with tert-alkyl or cyclic N) is 1.